The minimum Gasteiger partial charge on any atom is -0.439 e. The molecule has 0 unspecified atom stereocenters. The van der Waals surface area contributed by atoms with Crippen molar-refractivity contribution in [2.24, 2.45) is 5.92 Å². The van der Waals surface area contributed by atoms with E-state index in [4.69, 9.17) is 9.47 Å². The number of pyridine rings is 2. The molecule has 2 fully saturated rings. The molecule has 2 aromatic heterocycles. The molecule has 10 nitrogen and oxygen atoms in total. The Morgan fingerprint density at radius 1 is 0.800 bits per heavy atom. The molecule has 45 heavy (non-hydrogen) atoms. The van der Waals surface area contributed by atoms with Gasteiger partial charge in [-0.3, -0.25) is 19.4 Å². The average Bonchev–Trinajstić information content (AvgIpc) is 3.10. The number of carbonyl (C=O) groups is 3. The number of nitrogens with zero attached hydrogens (tertiary/aromatic N) is 4. The predicted octanol–water partition coefficient (Wildman–Crippen LogP) is 5.23. The third kappa shape index (κ3) is 7.32. The van der Waals surface area contributed by atoms with Crippen molar-refractivity contribution in [1.29, 1.82) is 0 Å². The van der Waals surface area contributed by atoms with Gasteiger partial charge < -0.3 is 24.6 Å². The van der Waals surface area contributed by atoms with Crippen LogP contribution in [0.1, 0.15) is 44.0 Å². The highest BCUT2D eigenvalue weighted by atomic mass is 19.1. The van der Waals surface area contributed by atoms with Crippen molar-refractivity contribution in [3.05, 3.63) is 108 Å². The molecular weight excluding hydrogens is 577 g/mol. The van der Waals surface area contributed by atoms with E-state index in [2.05, 4.69) is 20.2 Å². The van der Waals surface area contributed by atoms with E-state index < -0.39 is 5.91 Å². The average molecular weight is 610 g/mol. The summed E-state index contributed by atoms with van der Waals surface area (Å²) in [4.78, 5) is 51.3. The zero-order valence-corrected chi connectivity index (χ0v) is 24.5. The zero-order valence-electron chi connectivity index (χ0n) is 24.5. The minimum absolute atomic E-state index is 0.109. The SMILES string of the molecule is O=C(Nc1ccc(Oc2ccc(F)cc2)nc1)c1ccc(C(=O)N2CCC(C(=O)c3ccc(N4CCOCC4)cc3)CC2)cn1. The molecular formula is C34H32FN5O5. The number of hydrogen-bond acceptors (Lipinski definition) is 8. The van der Waals surface area contributed by atoms with E-state index in [0.29, 0.717) is 61.7 Å². The van der Waals surface area contributed by atoms with Crippen molar-refractivity contribution in [3.8, 4) is 11.6 Å². The number of morpholine rings is 1. The maximum atomic E-state index is 13.2. The highest BCUT2D eigenvalue weighted by Gasteiger charge is 2.29. The number of Topliss-reactive ketones (excluding diaryl/α,β-unsaturated/α-hetero) is 1. The van der Waals surface area contributed by atoms with Crippen LogP contribution in [0.2, 0.25) is 0 Å². The molecule has 1 N–H and O–H groups in total. The second kappa shape index (κ2) is 13.6. The van der Waals surface area contributed by atoms with Gasteiger partial charge in [-0.05, 0) is 79.6 Å². The van der Waals surface area contributed by atoms with Gasteiger partial charge in [0, 0.05) is 55.6 Å². The molecule has 2 aliphatic rings. The topological polar surface area (TPSA) is 114 Å². The van der Waals surface area contributed by atoms with Crippen molar-refractivity contribution in [2.75, 3.05) is 49.6 Å². The molecule has 0 spiro atoms. The van der Waals surface area contributed by atoms with E-state index in [1.165, 1.54) is 42.7 Å². The molecule has 0 atom stereocenters. The highest BCUT2D eigenvalue weighted by Crippen LogP contribution is 2.25. The number of nitrogens with one attached hydrogen (secondary N) is 1. The third-order valence-corrected chi connectivity index (χ3v) is 7.95. The van der Waals surface area contributed by atoms with Gasteiger partial charge in [0.1, 0.15) is 17.3 Å². The lowest BCUT2D eigenvalue weighted by molar-refractivity contribution is 0.0650. The summed E-state index contributed by atoms with van der Waals surface area (Å²) in [5, 5.41) is 2.71. The lowest BCUT2D eigenvalue weighted by Gasteiger charge is -2.31. The van der Waals surface area contributed by atoms with Gasteiger partial charge in [-0.2, -0.15) is 0 Å². The van der Waals surface area contributed by atoms with Crippen LogP contribution in [0.25, 0.3) is 0 Å². The van der Waals surface area contributed by atoms with Gasteiger partial charge in [0.25, 0.3) is 11.8 Å². The van der Waals surface area contributed by atoms with Gasteiger partial charge in [-0.15, -0.1) is 0 Å². The van der Waals surface area contributed by atoms with Crippen LogP contribution in [-0.2, 0) is 4.74 Å². The van der Waals surface area contributed by atoms with E-state index in [1.54, 1.807) is 23.1 Å². The van der Waals surface area contributed by atoms with E-state index in [1.807, 2.05) is 24.3 Å². The van der Waals surface area contributed by atoms with Crippen molar-refractivity contribution < 1.29 is 28.2 Å². The number of aromatic nitrogens is 2. The summed E-state index contributed by atoms with van der Waals surface area (Å²) in [6, 6.07) is 19.6. The number of ketones is 1. The third-order valence-electron chi connectivity index (χ3n) is 7.95. The molecule has 2 saturated heterocycles. The molecule has 2 aromatic carbocycles. The smallest absolute Gasteiger partial charge is 0.274 e. The van der Waals surface area contributed by atoms with Crippen LogP contribution in [-0.4, -0.2) is 71.9 Å². The van der Waals surface area contributed by atoms with E-state index in [9.17, 15) is 18.8 Å². The monoisotopic (exact) mass is 609 g/mol. The maximum Gasteiger partial charge on any atom is 0.274 e. The number of anilines is 2. The van der Waals surface area contributed by atoms with E-state index in [0.717, 1.165) is 18.8 Å². The van der Waals surface area contributed by atoms with Gasteiger partial charge >= 0.3 is 0 Å². The molecule has 0 bridgehead atoms. The number of ether oxygens (including phenoxy) is 2. The summed E-state index contributed by atoms with van der Waals surface area (Å²) in [6.45, 7) is 4.04. The first-order valence-corrected chi connectivity index (χ1v) is 14.9. The van der Waals surface area contributed by atoms with Crippen molar-refractivity contribution >= 4 is 29.0 Å². The Balaban J connectivity index is 0.980. The number of piperidine rings is 1. The lowest BCUT2D eigenvalue weighted by atomic mass is 9.88. The number of carbonyl (C=O) groups excluding carboxylic acids is 3. The first-order chi connectivity index (χ1) is 21.9. The fourth-order valence-electron chi connectivity index (χ4n) is 5.41. The van der Waals surface area contributed by atoms with Crippen LogP contribution >= 0.6 is 0 Å². The number of likely N-dealkylation sites (tertiary alicyclic amines) is 1. The summed E-state index contributed by atoms with van der Waals surface area (Å²) < 4.78 is 24.1. The van der Waals surface area contributed by atoms with Crippen molar-refractivity contribution in [1.82, 2.24) is 14.9 Å². The van der Waals surface area contributed by atoms with Crippen LogP contribution in [0.5, 0.6) is 11.6 Å². The lowest BCUT2D eigenvalue weighted by Crippen LogP contribution is -2.40. The summed E-state index contributed by atoms with van der Waals surface area (Å²) in [7, 11) is 0. The Labute approximate surface area is 259 Å². The number of benzene rings is 2. The van der Waals surface area contributed by atoms with Crippen LogP contribution in [0, 0.1) is 11.7 Å². The second-order valence-corrected chi connectivity index (χ2v) is 10.9. The van der Waals surface area contributed by atoms with Gasteiger partial charge in [0.2, 0.25) is 5.88 Å². The van der Waals surface area contributed by atoms with Crippen LogP contribution in [0.15, 0.2) is 85.2 Å². The maximum absolute atomic E-state index is 13.2. The largest absolute Gasteiger partial charge is 0.439 e. The van der Waals surface area contributed by atoms with Gasteiger partial charge in [0.05, 0.1) is 30.7 Å². The number of rotatable bonds is 8. The summed E-state index contributed by atoms with van der Waals surface area (Å²) in [6.07, 6.45) is 4.00. The highest BCUT2D eigenvalue weighted by molar-refractivity contribution is 6.03. The Morgan fingerprint density at radius 3 is 2.16 bits per heavy atom. The van der Waals surface area contributed by atoms with Crippen LogP contribution in [0.4, 0.5) is 15.8 Å². The van der Waals surface area contributed by atoms with E-state index >= 15 is 0 Å². The standard InChI is InChI=1S/C34H32FN5O5/c35-26-4-9-29(10-5-26)45-31-12-6-27(22-37-31)38-33(42)30-11-3-25(21-36-30)34(43)40-15-13-24(14-16-40)32(41)23-1-7-28(8-2-23)39-17-19-44-20-18-39/h1-12,21-22,24H,13-20H2,(H,38,42). The molecule has 0 aliphatic carbocycles. The molecule has 0 radical (unpaired) electrons. The molecule has 230 valence electrons. The predicted molar refractivity (Wildman–Crippen MR) is 165 cm³/mol. The normalized spacial score (nSPS) is 15.4. The Kier molecular flexibility index (Phi) is 9.06. The number of hydrogen-bond donors (Lipinski definition) is 1. The first-order valence-electron chi connectivity index (χ1n) is 14.9. The molecule has 2 amide bonds. The van der Waals surface area contributed by atoms with Crippen LogP contribution < -0.4 is 15.0 Å². The zero-order chi connectivity index (χ0) is 31.2. The fourth-order valence-corrected chi connectivity index (χ4v) is 5.41. The summed E-state index contributed by atoms with van der Waals surface area (Å²) >= 11 is 0. The molecule has 4 aromatic rings. The molecule has 6 rings (SSSR count). The Hall–Kier alpha value is -5.16. The Morgan fingerprint density at radius 2 is 1.51 bits per heavy atom. The molecule has 2 aliphatic heterocycles. The van der Waals surface area contributed by atoms with Crippen molar-refractivity contribution in [2.45, 2.75) is 12.8 Å². The van der Waals surface area contributed by atoms with Gasteiger partial charge in [0.15, 0.2) is 5.78 Å². The quantitative estimate of drug-likeness (QED) is 0.270. The molecule has 0 saturated carbocycles. The van der Waals surface area contributed by atoms with E-state index in [-0.39, 0.29) is 35.0 Å². The summed E-state index contributed by atoms with van der Waals surface area (Å²) in [5.74, 6) is -0.315. The first kappa shape index (κ1) is 29.9. The Bertz CT molecular complexity index is 1630. The van der Waals surface area contributed by atoms with Crippen molar-refractivity contribution in [3.63, 3.8) is 0 Å². The number of halogens is 1. The second-order valence-electron chi connectivity index (χ2n) is 10.9. The summed E-state index contributed by atoms with van der Waals surface area (Å²) in [5.41, 5.74) is 2.73. The van der Waals surface area contributed by atoms with Crippen LogP contribution in [0.3, 0.4) is 0 Å². The number of amides is 2. The molecule has 11 heteroatoms. The molecule has 4 heterocycles. The van der Waals surface area contributed by atoms with Gasteiger partial charge in [-0.25, -0.2) is 9.37 Å². The minimum atomic E-state index is -0.458. The fraction of sp³-hybridized carbons (Fsp3) is 0.265. The van der Waals surface area contributed by atoms with Gasteiger partial charge in [-0.1, -0.05) is 0 Å².